The maximum Gasteiger partial charge on any atom is 0.254 e. The van der Waals surface area contributed by atoms with Crippen LogP contribution in [-0.4, -0.2) is 56.6 Å². The molecule has 2 fully saturated rings. The Morgan fingerprint density at radius 1 is 1.07 bits per heavy atom. The van der Waals surface area contributed by atoms with Crippen molar-refractivity contribution in [3.63, 3.8) is 0 Å². The van der Waals surface area contributed by atoms with E-state index in [1.54, 1.807) is 23.1 Å². The van der Waals surface area contributed by atoms with Gasteiger partial charge in [0.15, 0.2) is 0 Å². The molecule has 2 N–H and O–H groups in total. The molecule has 2 aromatic carbocycles. The maximum atomic E-state index is 12.9. The number of rotatable bonds is 5. The molecular weight excluding hydrogens is 414 g/mol. The Hall–Kier alpha value is -2.29. The summed E-state index contributed by atoms with van der Waals surface area (Å²) in [7, 11) is -3.75. The van der Waals surface area contributed by atoms with Crippen molar-refractivity contribution in [1.29, 1.82) is 0 Å². The van der Waals surface area contributed by atoms with Gasteiger partial charge in [-0.3, -0.25) is 4.79 Å². The Morgan fingerprint density at radius 3 is 2.41 bits per heavy atom. The summed E-state index contributed by atoms with van der Waals surface area (Å²) in [5.74, 6) is -0.0236. The van der Waals surface area contributed by atoms with Crippen LogP contribution in [0.3, 0.4) is 0 Å². The van der Waals surface area contributed by atoms with Crippen LogP contribution in [0.25, 0.3) is 0 Å². The van der Waals surface area contributed by atoms with E-state index in [0.717, 1.165) is 18.5 Å². The molecule has 2 aliphatic rings. The fourth-order valence-corrected chi connectivity index (χ4v) is 5.22. The number of aromatic hydroxyl groups is 1. The highest BCUT2D eigenvalue weighted by molar-refractivity contribution is 7.89. The standard InChI is InChI=1S/C20H22ClN3O4S/c21-16-8-5-14(13-19(16)29(27,28)22-15-6-7-15)20(26)24-11-9-23(10-12-24)17-3-1-2-4-18(17)25/h1-5,8,13,15,22,25H,6-7,9-12H2. The largest absolute Gasteiger partial charge is 0.506 e. The number of phenolic OH excluding ortho intramolecular Hbond substituents is 1. The first-order chi connectivity index (χ1) is 13.8. The summed E-state index contributed by atoms with van der Waals surface area (Å²) in [6.07, 6.45) is 1.63. The highest BCUT2D eigenvalue weighted by Gasteiger charge is 2.30. The van der Waals surface area contributed by atoms with Gasteiger partial charge in [-0.2, -0.15) is 0 Å². The molecule has 0 atom stereocenters. The predicted octanol–water partition coefficient (Wildman–Crippen LogP) is 2.45. The number of para-hydroxylation sites is 2. The van der Waals surface area contributed by atoms with Crippen LogP contribution in [0.15, 0.2) is 47.4 Å². The Labute approximate surface area is 174 Å². The number of carbonyl (C=O) groups excluding carboxylic acids is 1. The first-order valence-corrected chi connectivity index (χ1v) is 11.4. The maximum absolute atomic E-state index is 12.9. The highest BCUT2D eigenvalue weighted by atomic mass is 35.5. The van der Waals surface area contributed by atoms with Crippen molar-refractivity contribution in [2.24, 2.45) is 0 Å². The smallest absolute Gasteiger partial charge is 0.254 e. The molecule has 0 radical (unpaired) electrons. The van der Waals surface area contributed by atoms with Crippen molar-refractivity contribution in [1.82, 2.24) is 9.62 Å². The second-order valence-corrected chi connectivity index (χ2v) is 9.40. The SMILES string of the molecule is O=C(c1ccc(Cl)c(S(=O)(=O)NC2CC2)c1)N1CCN(c2ccccc2O)CC1. The van der Waals surface area contributed by atoms with E-state index in [-0.39, 0.29) is 27.6 Å². The number of nitrogens with zero attached hydrogens (tertiary/aromatic N) is 2. The van der Waals surface area contributed by atoms with E-state index in [0.29, 0.717) is 31.7 Å². The summed E-state index contributed by atoms with van der Waals surface area (Å²) in [6, 6.07) is 11.4. The van der Waals surface area contributed by atoms with E-state index >= 15 is 0 Å². The van der Waals surface area contributed by atoms with Gasteiger partial charge in [-0.15, -0.1) is 0 Å². The van der Waals surface area contributed by atoms with Crippen LogP contribution in [0.1, 0.15) is 23.2 Å². The summed E-state index contributed by atoms with van der Waals surface area (Å²) in [4.78, 5) is 16.6. The molecule has 9 heteroatoms. The normalized spacial score (nSPS) is 17.4. The van der Waals surface area contributed by atoms with Crippen LogP contribution in [-0.2, 0) is 10.0 Å². The molecule has 7 nitrogen and oxygen atoms in total. The van der Waals surface area contributed by atoms with E-state index in [9.17, 15) is 18.3 Å². The molecule has 1 amide bonds. The fourth-order valence-electron chi connectivity index (χ4n) is 3.39. The third kappa shape index (κ3) is 4.34. The molecule has 0 bridgehead atoms. The molecule has 1 aliphatic carbocycles. The van der Waals surface area contributed by atoms with Crippen molar-refractivity contribution in [2.45, 2.75) is 23.8 Å². The van der Waals surface area contributed by atoms with Crippen molar-refractivity contribution < 1.29 is 18.3 Å². The third-order valence-corrected chi connectivity index (χ3v) is 7.16. The van der Waals surface area contributed by atoms with Crippen molar-refractivity contribution in [2.75, 3.05) is 31.1 Å². The lowest BCUT2D eigenvalue weighted by atomic mass is 10.1. The summed E-state index contributed by atoms with van der Waals surface area (Å²) in [5, 5.41) is 10.1. The van der Waals surface area contributed by atoms with E-state index in [1.807, 2.05) is 17.0 Å². The summed E-state index contributed by atoms with van der Waals surface area (Å²) in [6.45, 7) is 2.09. The van der Waals surface area contributed by atoms with Crippen molar-refractivity contribution in [3.05, 3.63) is 53.1 Å². The fraction of sp³-hybridized carbons (Fsp3) is 0.350. The second kappa shape index (κ2) is 7.85. The zero-order valence-electron chi connectivity index (χ0n) is 15.7. The van der Waals surface area contributed by atoms with Gasteiger partial charge < -0.3 is 14.9 Å². The van der Waals surface area contributed by atoms with Crippen LogP contribution in [0, 0.1) is 0 Å². The Morgan fingerprint density at radius 2 is 1.76 bits per heavy atom. The minimum absolute atomic E-state index is 0.0436. The number of nitrogens with one attached hydrogen (secondary N) is 1. The lowest BCUT2D eigenvalue weighted by Gasteiger charge is -2.36. The van der Waals surface area contributed by atoms with Gasteiger partial charge in [-0.05, 0) is 43.2 Å². The second-order valence-electron chi connectivity index (χ2n) is 7.31. The van der Waals surface area contributed by atoms with Crippen molar-refractivity contribution in [3.8, 4) is 5.75 Å². The molecule has 2 aromatic rings. The third-order valence-electron chi connectivity index (χ3n) is 5.16. The number of piperazine rings is 1. The minimum Gasteiger partial charge on any atom is -0.506 e. The van der Waals surface area contributed by atoms with Gasteiger partial charge in [0.25, 0.3) is 5.91 Å². The molecule has 4 rings (SSSR count). The van der Waals surface area contributed by atoms with Crippen LogP contribution in [0.4, 0.5) is 5.69 Å². The number of phenols is 1. The number of benzene rings is 2. The van der Waals surface area contributed by atoms with Gasteiger partial charge in [-0.25, -0.2) is 13.1 Å². The quantitative estimate of drug-likeness (QED) is 0.752. The molecular formula is C20H22ClN3O4S. The molecule has 1 saturated carbocycles. The number of hydrogen-bond donors (Lipinski definition) is 2. The Balaban J connectivity index is 1.48. The average molecular weight is 436 g/mol. The van der Waals surface area contributed by atoms with Crippen LogP contribution < -0.4 is 9.62 Å². The van der Waals surface area contributed by atoms with Gasteiger partial charge in [0.2, 0.25) is 10.0 Å². The van der Waals surface area contributed by atoms with Gasteiger partial charge in [-0.1, -0.05) is 23.7 Å². The van der Waals surface area contributed by atoms with E-state index < -0.39 is 10.0 Å². The molecule has 0 aromatic heterocycles. The van der Waals surface area contributed by atoms with Crippen LogP contribution in [0.2, 0.25) is 5.02 Å². The van der Waals surface area contributed by atoms with Gasteiger partial charge in [0.05, 0.1) is 10.7 Å². The first kappa shape index (κ1) is 20.0. The Bertz CT molecular complexity index is 1030. The zero-order valence-corrected chi connectivity index (χ0v) is 17.3. The molecule has 1 aliphatic heterocycles. The molecule has 0 unspecified atom stereocenters. The molecule has 154 valence electrons. The lowest BCUT2D eigenvalue weighted by Crippen LogP contribution is -2.48. The van der Waals surface area contributed by atoms with Crippen molar-refractivity contribution >= 4 is 33.2 Å². The first-order valence-electron chi connectivity index (χ1n) is 9.49. The predicted molar refractivity (Wildman–Crippen MR) is 111 cm³/mol. The summed E-state index contributed by atoms with van der Waals surface area (Å²) < 4.78 is 27.7. The summed E-state index contributed by atoms with van der Waals surface area (Å²) >= 11 is 6.10. The van der Waals surface area contributed by atoms with Crippen LogP contribution in [0.5, 0.6) is 5.75 Å². The number of anilines is 1. The lowest BCUT2D eigenvalue weighted by molar-refractivity contribution is 0.0746. The number of halogens is 1. The number of sulfonamides is 1. The number of carbonyl (C=O) groups is 1. The average Bonchev–Trinajstić information content (AvgIpc) is 3.51. The molecule has 0 spiro atoms. The van der Waals surface area contributed by atoms with Gasteiger partial charge in [0, 0.05) is 37.8 Å². The topological polar surface area (TPSA) is 90.0 Å². The van der Waals surface area contributed by atoms with Gasteiger partial charge in [0.1, 0.15) is 10.6 Å². The van der Waals surface area contributed by atoms with E-state index in [1.165, 1.54) is 12.1 Å². The summed E-state index contributed by atoms with van der Waals surface area (Å²) in [5.41, 5.74) is 1.03. The molecule has 1 heterocycles. The number of hydrogen-bond acceptors (Lipinski definition) is 5. The van der Waals surface area contributed by atoms with E-state index in [2.05, 4.69) is 4.72 Å². The number of amides is 1. The highest BCUT2D eigenvalue weighted by Crippen LogP contribution is 2.29. The van der Waals surface area contributed by atoms with Crippen LogP contribution >= 0.6 is 11.6 Å². The molecule has 29 heavy (non-hydrogen) atoms. The minimum atomic E-state index is -3.75. The monoisotopic (exact) mass is 435 g/mol. The Kier molecular flexibility index (Phi) is 5.42. The van der Waals surface area contributed by atoms with E-state index in [4.69, 9.17) is 11.6 Å². The van der Waals surface area contributed by atoms with Gasteiger partial charge >= 0.3 is 0 Å². The molecule has 1 saturated heterocycles. The zero-order chi connectivity index (χ0) is 20.6.